The molecule has 1 amide bonds. The number of amides is 1. The number of nitrogens with one attached hydrogen (secondary N) is 3. The van der Waals surface area contributed by atoms with Gasteiger partial charge in [-0.1, -0.05) is 36.4 Å². The van der Waals surface area contributed by atoms with E-state index in [1.165, 1.54) is 24.3 Å². The van der Waals surface area contributed by atoms with Crippen LogP contribution in [0.2, 0.25) is 0 Å². The zero-order chi connectivity index (χ0) is 26.1. The number of aromatic nitrogens is 3. The highest BCUT2D eigenvalue weighted by atomic mass is 19.1. The summed E-state index contributed by atoms with van der Waals surface area (Å²) in [6, 6.07) is 20.0. The maximum absolute atomic E-state index is 13.8. The molecule has 0 bridgehead atoms. The maximum Gasteiger partial charge on any atom is 0.275 e. The molecule has 37 heavy (non-hydrogen) atoms. The highest BCUT2D eigenvalue weighted by Crippen LogP contribution is 2.29. The lowest BCUT2D eigenvalue weighted by Gasteiger charge is -2.15. The molecule has 2 heterocycles. The Labute approximate surface area is 211 Å². The van der Waals surface area contributed by atoms with E-state index >= 15 is 0 Å². The van der Waals surface area contributed by atoms with Gasteiger partial charge in [0.1, 0.15) is 17.3 Å². The number of anilines is 1. The molecule has 0 radical (unpaired) electrons. The van der Waals surface area contributed by atoms with Crippen molar-refractivity contribution in [1.82, 2.24) is 19.9 Å². The Kier molecular flexibility index (Phi) is 6.37. The van der Waals surface area contributed by atoms with Gasteiger partial charge < -0.3 is 15.6 Å². The average molecular weight is 498 g/mol. The number of carbonyl (C=O) groups is 2. The number of fused-ring (bicyclic) bond motifs is 3. The van der Waals surface area contributed by atoms with Crippen LogP contribution in [0.5, 0.6) is 0 Å². The molecule has 5 rings (SSSR count). The molecular formula is C28H24FN5O3. The monoisotopic (exact) mass is 497 g/mol. The second kappa shape index (κ2) is 9.79. The van der Waals surface area contributed by atoms with Gasteiger partial charge in [0, 0.05) is 16.3 Å². The fourth-order valence-corrected chi connectivity index (χ4v) is 4.30. The van der Waals surface area contributed by atoms with Gasteiger partial charge in [-0.25, -0.2) is 9.37 Å². The first-order chi connectivity index (χ1) is 17.9. The minimum Gasteiger partial charge on any atom is -0.319 e. The summed E-state index contributed by atoms with van der Waals surface area (Å²) in [6.45, 7) is 1.65. The van der Waals surface area contributed by atoms with Crippen LogP contribution in [0.3, 0.4) is 0 Å². The molecule has 0 aliphatic carbocycles. The van der Waals surface area contributed by atoms with E-state index in [0.29, 0.717) is 5.56 Å². The van der Waals surface area contributed by atoms with Crippen LogP contribution in [0.4, 0.5) is 10.1 Å². The summed E-state index contributed by atoms with van der Waals surface area (Å²) in [6.07, 6.45) is -0.260. The van der Waals surface area contributed by atoms with E-state index in [9.17, 15) is 18.8 Å². The van der Waals surface area contributed by atoms with Crippen LogP contribution in [0.15, 0.2) is 77.6 Å². The molecule has 0 saturated heterocycles. The Hall–Kier alpha value is -4.63. The van der Waals surface area contributed by atoms with Gasteiger partial charge in [0.05, 0.1) is 29.2 Å². The highest BCUT2D eigenvalue weighted by Gasteiger charge is 2.22. The fraction of sp³-hybridized carbons (Fsp3) is 0.143. The lowest BCUT2D eigenvalue weighted by atomic mass is 10.1. The van der Waals surface area contributed by atoms with Gasteiger partial charge in [-0.3, -0.25) is 19.0 Å². The number of para-hydroxylation sites is 2. The SMILES string of the molecule is CNC(C)C(=O)Nc1c(CC(=O)n2c3ccccc3c3ccccc32)nc(-c2ccc(F)cc2)[nH]c1=O. The van der Waals surface area contributed by atoms with Crippen LogP contribution < -0.4 is 16.2 Å². The molecular weight excluding hydrogens is 473 g/mol. The lowest BCUT2D eigenvalue weighted by Crippen LogP contribution is -2.37. The van der Waals surface area contributed by atoms with Crippen molar-refractivity contribution in [3.8, 4) is 11.4 Å². The maximum atomic E-state index is 13.8. The predicted molar refractivity (Wildman–Crippen MR) is 141 cm³/mol. The summed E-state index contributed by atoms with van der Waals surface area (Å²) in [7, 11) is 1.62. The smallest absolute Gasteiger partial charge is 0.275 e. The van der Waals surface area contributed by atoms with Gasteiger partial charge in [-0.05, 0) is 50.4 Å². The Morgan fingerprint density at radius 3 is 2.16 bits per heavy atom. The Morgan fingerprint density at radius 2 is 1.57 bits per heavy atom. The molecule has 3 N–H and O–H groups in total. The van der Waals surface area contributed by atoms with Gasteiger partial charge in [-0.2, -0.15) is 0 Å². The van der Waals surface area contributed by atoms with Crippen LogP contribution in [0, 0.1) is 5.82 Å². The minimum atomic E-state index is -0.615. The molecule has 0 saturated carbocycles. The molecule has 0 fully saturated rings. The molecule has 3 aromatic carbocycles. The van der Waals surface area contributed by atoms with E-state index in [-0.39, 0.29) is 29.5 Å². The summed E-state index contributed by atoms with van der Waals surface area (Å²) in [4.78, 5) is 46.7. The molecule has 0 aliphatic heterocycles. The quantitative estimate of drug-likeness (QED) is 0.327. The summed E-state index contributed by atoms with van der Waals surface area (Å²) in [5.74, 6) is -1.04. The van der Waals surface area contributed by atoms with Crippen molar-refractivity contribution in [3.63, 3.8) is 0 Å². The second-order valence-corrected chi connectivity index (χ2v) is 8.68. The van der Waals surface area contributed by atoms with E-state index in [0.717, 1.165) is 21.8 Å². The first-order valence-corrected chi connectivity index (χ1v) is 11.8. The summed E-state index contributed by atoms with van der Waals surface area (Å²) >= 11 is 0. The van der Waals surface area contributed by atoms with E-state index < -0.39 is 23.3 Å². The van der Waals surface area contributed by atoms with Crippen molar-refractivity contribution in [2.45, 2.75) is 19.4 Å². The number of benzene rings is 3. The number of hydrogen-bond acceptors (Lipinski definition) is 5. The average Bonchev–Trinajstić information content (AvgIpc) is 3.25. The van der Waals surface area contributed by atoms with E-state index in [1.807, 2.05) is 48.5 Å². The zero-order valence-electron chi connectivity index (χ0n) is 20.2. The topological polar surface area (TPSA) is 109 Å². The highest BCUT2D eigenvalue weighted by molar-refractivity contribution is 6.13. The molecule has 1 atom stereocenters. The molecule has 2 aromatic heterocycles. The number of aromatic amines is 1. The summed E-state index contributed by atoms with van der Waals surface area (Å²) < 4.78 is 15.1. The van der Waals surface area contributed by atoms with Crippen molar-refractivity contribution >= 4 is 39.3 Å². The zero-order valence-corrected chi connectivity index (χ0v) is 20.2. The Balaban J connectivity index is 1.63. The predicted octanol–water partition coefficient (Wildman–Crippen LogP) is 4.11. The standard InChI is InChI=1S/C28H24FN5O3/c1-16(30-2)27(36)32-25-21(31-26(33-28(25)37)17-11-13-18(29)14-12-17)15-24(35)34-22-9-5-3-7-19(22)20-8-4-6-10-23(20)34/h3-14,16,30H,15H2,1-2H3,(H,32,36)(H,31,33,37). The summed E-state index contributed by atoms with van der Waals surface area (Å²) in [5, 5.41) is 7.28. The molecule has 186 valence electrons. The van der Waals surface area contributed by atoms with E-state index in [2.05, 4.69) is 20.6 Å². The van der Waals surface area contributed by atoms with Gasteiger partial charge in [0.2, 0.25) is 11.8 Å². The Morgan fingerprint density at radius 1 is 0.973 bits per heavy atom. The number of carbonyl (C=O) groups excluding carboxylic acids is 2. The van der Waals surface area contributed by atoms with Crippen molar-refractivity contribution < 1.29 is 14.0 Å². The molecule has 0 spiro atoms. The number of rotatable bonds is 6. The van der Waals surface area contributed by atoms with Gasteiger partial charge in [0.15, 0.2) is 0 Å². The van der Waals surface area contributed by atoms with E-state index in [4.69, 9.17) is 0 Å². The third-order valence-corrected chi connectivity index (χ3v) is 6.33. The molecule has 5 aromatic rings. The van der Waals surface area contributed by atoms with Crippen LogP contribution in [-0.2, 0) is 11.2 Å². The van der Waals surface area contributed by atoms with Crippen LogP contribution in [-0.4, -0.2) is 39.4 Å². The van der Waals surface area contributed by atoms with Crippen molar-refractivity contribution in [2.24, 2.45) is 0 Å². The largest absolute Gasteiger partial charge is 0.319 e. The van der Waals surface area contributed by atoms with Gasteiger partial charge in [-0.15, -0.1) is 0 Å². The van der Waals surface area contributed by atoms with Crippen LogP contribution in [0.1, 0.15) is 17.4 Å². The minimum absolute atomic E-state index is 0.103. The van der Waals surface area contributed by atoms with Gasteiger partial charge >= 0.3 is 0 Å². The third kappa shape index (κ3) is 4.52. The van der Waals surface area contributed by atoms with E-state index in [1.54, 1.807) is 18.5 Å². The van der Waals surface area contributed by atoms with Crippen molar-refractivity contribution in [1.29, 1.82) is 0 Å². The first-order valence-electron chi connectivity index (χ1n) is 11.8. The lowest BCUT2D eigenvalue weighted by molar-refractivity contribution is -0.117. The first kappa shape index (κ1) is 24.1. The second-order valence-electron chi connectivity index (χ2n) is 8.68. The van der Waals surface area contributed by atoms with Crippen molar-refractivity contribution in [3.05, 3.63) is 94.7 Å². The number of halogens is 1. The van der Waals surface area contributed by atoms with Crippen LogP contribution in [0.25, 0.3) is 33.2 Å². The molecule has 1 unspecified atom stereocenters. The number of nitrogens with zero attached hydrogens (tertiary/aromatic N) is 2. The molecule has 8 nitrogen and oxygen atoms in total. The van der Waals surface area contributed by atoms with Crippen molar-refractivity contribution in [2.75, 3.05) is 12.4 Å². The third-order valence-electron chi connectivity index (χ3n) is 6.33. The Bertz CT molecular complexity index is 1650. The summed E-state index contributed by atoms with van der Waals surface area (Å²) in [5.41, 5.74) is 1.30. The normalized spacial score (nSPS) is 12.1. The number of hydrogen-bond donors (Lipinski definition) is 3. The molecule has 0 aliphatic rings. The fourth-order valence-electron chi connectivity index (χ4n) is 4.30. The van der Waals surface area contributed by atoms with Gasteiger partial charge in [0.25, 0.3) is 5.56 Å². The van der Waals surface area contributed by atoms with Crippen LogP contribution >= 0.6 is 0 Å². The number of likely N-dealkylation sites (N-methyl/N-ethyl adjacent to an activating group) is 1. The molecule has 9 heteroatoms. The number of H-pyrrole nitrogens is 1.